The van der Waals surface area contributed by atoms with Crippen LogP contribution in [0, 0.1) is 0 Å². The van der Waals surface area contributed by atoms with E-state index in [0.29, 0.717) is 11.3 Å². The molecule has 1 amide bonds. The first-order valence-corrected chi connectivity index (χ1v) is 7.70. The average Bonchev–Trinajstić information content (AvgIpc) is 3.16. The number of carbonyl (C=O) groups excluding carboxylic acids is 1. The van der Waals surface area contributed by atoms with Gasteiger partial charge in [0.1, 0.15) is 17.4 Å². The number of nitrogens with zero attached hydrogens (tertiary/aromatic N) is 1. The van der Waals surface area contributed by atoms with E-state index in [9.17, 15) is 9.90 Å². The molecule has 3 rings (SSSR count). The van der Waals surface area contributed by atoms with E-state index >= 15 is 0 Å². The van der Waals surface area contributed by atoms with E-state index in [1.165, 1.54) is 0 Å². The Kier molecular flexibility index (Phi) is 4.24. The van der Waals surface area contributed by atoms with Crippen LogP contribution in [0.5, 0.6) is 0 Å². The SMILES string of the molecule is C[C@H](O)c1onc(-c2ccccc2)c1C(=O)NC1CCCC1. The molecule has 1 fully saturated rings. The van der Waals surface area contributed by atoms with Gasteiger partial charge in [0.25, 0.3) is 5.91 Å². The first kappa shape index (κ1) is 14.8. The quantitative estimate of drug-likeness (QED) is 0.910. The van der Waals surface area contributed by atoms with Gasteiger partial charge in [-0.05, 0) is 19.8 Å². The van der Waals surface area contributed by atoms with Crippen molar-refractivity contribution in [2.75, 3.05) is 0 Å². The minimum atomic E-state index is -0.880. The van der Waals surface area contributed by atoms with Gasteiger partial charge in [-0.3, -0.25) is 4.79 Å². The molecule has 22 heavy (non-hydrogen) atoms. The largest absolute Gasteiger partial charge is 0.385 e. The fraction of sp³-hybridized carbons (Fsp3) is 0.412. The number of hydrogen-bond acceptors (Lipinski definition) is 4. The number of benzene rings is 1. The monoisotopic (exact) mass is 300 g/mol. The zero-order valence-electron chi connectivity index (χ0n) is 12.6. The number of rotatable bonds is 4. The molecule has 0 aliphatic heterocycles. The molecule has 0 spiro atoms. The Morgan fingerprint density at radius 1 is 1.32 bits per heavy atom. The Hall–Kier alpha value is -2.14. The van der Waals surface area contributed by atoms with Crippen LogP contribution in [0.3, 0.4) is 0 Å². The molecule has 1 aromatic heterocycles. The summed E-state index contributed by atoms with van der Waals surface area (Å²) in [4.78, 5) is 12.7. The molecule has 1 atom stereocenters. The number of carbonyl (C=O) groups is 1. The first-order valence-electron chi connectivity index (χ1n) is 7.70. The summed E-state index contributed by atoms with van der Waals surface area (Å²) in [6.45, 7) is 1.57. The first-order chi connectivity index (χ1) is 10.7. The molecule has 2 N–H and O–H groups in total. The van der Waals surface area contributed by atoms with E-state index in [4.69, 9.17) is 4.52 Å². The average molecular weight is 300 g/mol. The van der Waals surface area contributed by atoms with Gasteiger partial charge in [0, 0.05) is 11.6 Å². The predicted molar refractivity (Wildman–Crippen MR) is 82.3 cm³/mol. The molecule has 1 aliphatic rings. The molecule has 5 heteroatoms. The fourth-order valence-electron chi connectivity index (χ4n) is 2.93. The molecule has 1 saturated carbocycles. The summed E-state index contributed by atoms with van der Waals surface area (Å²) >= 11 is 0. The highest BCUT2D eigenvalue weighted by molar-refractivity contribution is 6.01. The van der Waals surface area contributed by atoms with E-state index in [0.717, 1.165) is 31.2 Å². The van der Waals surface area contributed by atoms with Crippen LogP contribution < -0.4 is 5.32 Å². The number of hydrogen-bond donors (Lipinski definition) is 2. The lowest BCUT2D eigenvalue weighted by Gasteiger charge is -2.13. The van der Waals surface area contributed by atoms with Gasteiger partial charge in [0.05, 0.1) is 0 Å². The van der Waals surface area contributed by atoms with Crippen LogP contribution in [0.1, 0.15) is 54.8 Å². The van der Waals surface area contributed by atoms with Crippen molar-refractivity contribution in [3.63, 3.8) is 0 Å². The van der Waals surface area contributed by atoms with Crippen LogP contribution in [0.4, 0.5) is 0 Å². The van der Waals surface area contributed by atoms with Crippen LogP contribution in [-0.4, -0.2) is 22.2 Å². The molecule has 0 unspecified atom stereocenters. The summed E-state index contributed by atoms with van der Waals surface area (Å²) in [5.41, 5.74) is 1.62. The lowest BCUT2D eigenvalue weighted by Crippen LogP contribution is -2.33. The smallest absolute Gasteiger partial charge is 0.257 e. The zero-order valence-corrected chi connectivity index (χ0v) is 12.6. The van der Waals surface area contributed by atoms with Crippen LogP contribution in [0.2, 0.25) is 0 Å². The Labute approximate surface area is 129 Å². The third-order valence-corrected chi connectivity index (χ3v) is 4.06. The number of amides is 1. The van der Waals surface area contributed by atoms with E-state index < -0.39 is 6.10 Å². The van der Waals surface area contributed by atoms with Crippen LogP contribution in [0.15, 0.2) is 34.9 Å². The van der Waals surface area contributed by atoms with Crippen molar-refractivity contribution < 1.29 is 14.4 Å². The van der Waals surface area contributed by atoms with Gasteiger partial charge >= 0.3 is 0 Å². The maximum absolute atomic E-state index is 12.7. The molecule has 1 aliphatic carbocycles. The van der Waals surface area contributed by atoms with Crippen LogP contribution in [-0.2, 0) is 0 Å². The minimum absolute atomic E-state index is 0.202. The molecular formula is C17H20N2O3. The van der Waals surface area contributed by atoms with Crippen molar-refractivity contribution in [1.82, 2.24) is 10.5 Å². The van der Waals surface area contributed by atoms with E-state index in [2.05, 4.69) is 10.5 Å². The Bertz CT molecular complexity index is 643. The molecule has 0 bridgehead atoms. The second kappa shape index (κ2) is 6.32. The highest BCUT2D eigenvalue weighted by Gasteiger charge is 2.28. The topological polar surface area (TPSA) is 75.4 Å². The van der Waals surface area contributed by atoms with Crippen molar-refractivity contribution >= 4 is 5.91 Å². The molecular weight excluding hydrogens is 280 g/mol. The molecule has 1 heterocycles. The molecule has 0 saturated heterocycles. The summed E-state index contributed by atoms with van der Waals surface area (Å²) in [5, 5.41) is 16.9. The molecule has 1 aromatic carbocycles. The summed E-state index contributed by atoms with van der Waals surface area (Å²) in [6.07, 6.45) is 3.41. The van der Waals surface area contributed by atoms with Gasteiger partial charge in [-0.1, -0.05) is 48.3 Å². The second-order valence-corrected chi connectivity index (χ2v) is 5.77. The summed E-state index contributed by atoms with van der Waals surface area (Å²) in [6, 6.07) is 9.60. The molecule has 0 radical (unpaired) electrons. The number of aliphatic hydroxyl groups is 1. The predicted octanol–water partition coefficient (Wildman–Crippen LogP) is 3.07. The third-order valence-electron chi connectivity index (χ3n) is 4.06. The maximum atomic E-state index is 12.7. The Balaban J connectivity index is 1.96. The Morgan fingerprint density at radius 3 is 2.64 bits per heavy atom. The second-order valence-electron chi connectivity index (χ2n) is 5.77. The van der Waals surface area contributed by atoms with Gasteiger partial charge in [-0.15, -0.1) is 0 Å². The highest BCUT2D eigenvalue weighted by atomic mass is 16.5. The summed E-state index contributed by atoms with van der Waals surface area (Å²) < 4.78 is 5.24. The van der Waals surface area contributed by atoms with Crippen LogP contribution in [0.25, 0.3) is 11.3 Å². The standard InChI is InChI=1S/C17H20N2O3/c1-11(20)16-14(17(21)18-13-9-5-6-10-13)15(19-22-16)12-7-3-2-4-8-12/h2-4,7-8,11,13,20H,5-6,9-10H2,1H3,(H,18,21)/t11-/m0/s1. The zero-order chi connectivity index (χ0) is 15.5. The summed E-state index contributed by atoms with van der Waals surface area (Å²) in [7, 11) is 0. The van der Waals surface area contributed by atoms with Gasteiger partial charge < -0.3 is 14.9 Å². The van der Waals surface area contributed by atoms with Crippen molar-refractivity contribution in [3.05, 3.63) is 41.7 Å². The van der Waals surface area contributed by atoms with Gasteiger partial charge in [0.15, 0.2) is 5.76 Å². The highest BCUT2D eigenvalue weighted by Crippen LogP contribution is 2.29. The van der Waals surface area contributed by atoms with Crippen LogP contribution >= 0.6 is 0 Å². The number of nitrogens with one attached hydrogen (secondary N) is 1. The van der Waals surface area contributed by atoms with E-state index in [1.807, 2.05) is 30.3 Å². The third kappa shape index (κ3) is 2.90. The molecule has 116 valence electrons. The number of aromatic nitrogens is 1. The van der Waals surface area contributed by atoms with E-state index in [-0.39, 0.29) is 17.7 Å². The van der Waals surface area contributed by atoms with Crippen molar-refractivity contribution in [1.29, 1.82) is 0 Å². The molecule has 2 aromatic rings. The normalized spacial score (nSPS) is 16.6. The lowest BCUT2D eigenvalue weighted by atomic mass is 10.0. The van der Waals surface area contributed by atoms with E-state index in [1.54, 1.807) is 6.92 Å². The fourth-order valence-corrected chi connectivity index (χ4v) is 2.93. The lowest BCUT2D eigenvalue weighted by molar-refractivity contribution is 0.0925. The number of aliphatic hydroxyl groups excluding tert-OH is 1. The van der Waals surface area contributed by atoms with Gasteiger partial charge in [-0.25, -0.2) is 0 Å². The summed E-state index contributed by atoms with van der Waals surface area (Å²) in [5.74, 6) is -0.00254. The minimum Gasteiger partial charge on any atom is -0.385 e. The van der Waals surface area contributed by atoms with Crippen molar-refractivity contribution in [2.45, 2.75) is 44.8 Å². The van der Waals surface area contributed by atoms with Gasteiger partial charge in [-0.2, -0.15) is 0 Å². The maximum Gasteiger partial charge on any atom is 0.257 e. The van der Waals surface area contributed by atoms with Gasteiger partial charge in [0.2, 0.25) is 0 Å². The Morgan fingerprint density at radius 2 is 2.00 bits per heavy atom. The van der Waals surface area contributed by atoms with Crippen molar-refractivity contribution in [2.24, 2.45) is 0 Å². The molecule has 5 nitrogen and oxygen atoms in total. The van der Waals surface area contributed by atoms with Crippen molar-refractivity contribution in [3.8, 4) is 11.3 Å².